The van der Waals surface area contributed by atoms with Gasteiger partial charge in [-0.3, -0.25) is 4.79 Å². The molecule has 2 rings (SSSR count). The molecule has 0 radical (unpaired) electrons. The van der Waals surface area contributed by atoms with Crippen LogP contribution in [0.3, 0.4) is 0 Å². The van der Waals surface area contributed by atoms with E-state index >= 15 is 0 Å². The van der Waals surface area contributed by atoms with Gasteiger partial charge in [-0.15, -0.1) is 11.6 Å². The quantitative estimate of drug-likeness (QED) is 0.689. The fourth-order valence-corrected chi connectivity index (χ4v) is 3.45. The minimum Gasteiger partial charge on any atom is -0.350 e. The lowest BCUT2D eigenvalue weighted by Gasteiger charge is -2.33. The standard InChI is InChI=1S/C12H20ClNO/c1-11(2,3)14-10(15)12(13)7-8-4-5-9(12)6-8/h8-9H,4-7H2,1-3H3,(H,14,15)/t8-,9-,12-/m1/s1. The van der Waals surface area contributed by atoms with Crippen molar-refractivity contribution in [3.05, 3.63) is 0 Å². The highest BCUT2D eigenvalue weighted by atomic mass is 35.5. The average molecular weight is 230 g/mol. The molecular weight excluding hydrogens is 210 g/mol. The van der Waals surface area contributed by atoms with Crippen LogP contribution in [0, 0.1) is 11.8 Å². The SMILES string of the molecule is CC(C)(C)NC(=O)[C@@]1(Cl)C[C@@H]2CC[C@@H]1C2. The maximum atomic E-state index is 12.1. The van der Waals surface area contributed by atoms with E-state index in [1.54, 1.807) is 0 Å². The third kappa shape index (κ3) is 2.01. The molecule has 1 N–H and O–H groups in total. The summed E-state index contributed by atoms with van der Waals surface area (Å²) in [6.45, 7) is 6.00. The van der Waals surface area contributed by atoms with Crippen molar-refractivity contribution in [3.8, 4) is 0 Å². The van der Waals surface area contributed by atoms with Crippen LogP contribution in [0.5, 0.6) is 0 Å². The van der Waals surface area contributed by atoms with Crippen LogP contribution in [0.1, 0.15) is 46.5 Å². The highest BCUT2D eigenvalue weighted by Crippen LogP contribution is 2.54. The van der Waals surface area contributed by atoms with Crippen LogP contribution >= 0.6 is 11.6 Å². The van der Waals surface area contributed by atoms with Crippen LogP contribution in [0.4, 0.5) is 0 Å². The van der Waals surface area contributed by atoms with Gasteiger partial charge in [0.15, 0.2) is 0 Å². The number of hydrogen-bond donors (Lipinski definition) is 1. The third-order valence-corrected chi connectivity index (χ3v) is 4.27. The number of nitrogens with one attached hydrogen (secondary N) is 1. The summed E-state index contributed by atoms with van der Waals surface area (Å²) in [5.74, 6) is 1.15. The zero-order valence-electron chi connectivity index (χ0n) is 9.77. The molecule has 2 nitrogen and oxygen atoms in total. The Hall–Kier alpha value is -0.240. The van der Waals surface area contributed by atoms with Gasteiger partial charge in [-0.05, 0) is 51.9 Å². The normalized spacial score (nSPS) is 39.5. The summed E-state index contributed by atoms with van der Waals surface area (Å²) in [6, 6.07) is 0. The van der Waals surface area contributed by atoms with Crippen LogP contribution in [-0.4, -0.2) is 16.3 Å². The number of amides is 1. The fraction of sp³-hybridized carbons (Fsp3) is 0.917. The van der Waals surface area contributed by atoms with Crippen LogP contribution in [0.25, 0.3) is 0 Å². The van der Waals surface area contributed by atoms with E-state index < -0.39 is 4.87 Å². The number of carbonyl (C=O) groups is 1. The number of halogens is 1. The van der Waals surface area contributed by atoms with Gasteiger partial charge in [0.05, 0.1) is 0 Å². The Bertz CT molecular complexity index is 284. The van der Waals surface area contributed by atoms with Crippen LogP contribution < -0.4 is 5.32 Å². The summed E-state index contributed by atoms with van der Waals surface area (Å²) in [7, 11) is 0. The van der Waals surface area contributed by atoms with Crippen LogP contribution in [0.15, 0.2) is 0 Å². The van der Waals surface area contributed by atoms with Crippen molar-refractivity contribution in [2.75, 3.05) is 0 Å². The first-order chi connectivity index (χ1) is 6.81. The molecule has 2 fully saturated rings. The second kappa shape index (κ2) is 3.38. The van der Waals surface area contributed by atoms with Gasteiger partial charge >= 0.3 is 0 Å². The van der Waals surface area contributed by atoms with Gasteiger partial charge in [-0.25, -0.2) is 0 Å². The number of fused-ring (bicyclic) bond motifs is 2. The van der Waals surface area contributed by atoms with Crippen molar-refractivity contribution < 1.29 is 4.79 Å². The zero-order valence-corrected chi connectivity index (χ0v) is 10.5. The molecule has 0 saturated heterocycles. The van der Waals surface area contributed by atoms with Gasteiger partial charge in [-0.2, -0.15) is 0 Å². The van der Waals surface area contributed by atoms with E-state index in [-0.39, 0.29) is 11.4 Å². The number of alkyl halides is 1. The molecule has 2 bridgehead atoms. The Labute approximate surface area is 96.8 Å². The molecule has 0 spiro atoms. The van der Waals surface area contributed by atoms with Crippen molar-refractivity contribution in [2.24, 2.45) is 11.8 Å². The lowest BCUT2D eigenvalue weighted by atomic mass is 9.86. The van der Waals surface area contributed by atoms with Gasteiger partial charge < -0.3 is 5.32 Å². The molecule has 15 heavy (non-hydrogen) atoms. The highest BCUT2D eigenvalue weighted by molar-refractivity contribution is 6.35. The Kier molecular flexibility index (Phi) is 2.53. The summed E-state index contributed by atoms with van der Waals surface area (Å²) >= 11 is 6.51. The molecule has 3 heteroatoms. The molecule has 0 aliphatic heterocycles. The van der Waals surface area contributed by atoms with Crippen LogP contribution in [-0.2, 0) is 4.79 Å². The second-order valence-corrected chi connectivity index (χ2v) is 6.82. The topological polar surface area (TPSA) is 29.1 Å². The first-order valence-corrected chi connectivity index (χ1v) is 6.20. The maximum absolute atomic E-state index is 12.1. The number of rotatable bonds is 1. The molecule has 0 aromatic rings. The van der Waals surface area contributed by atoms with Gasteiger partial charge in [0.1, 0.15) is 4.87 Å². The van der Waals surface area contributed by atoms with E-state index in [1.165, 1.54) is 6.42 Å². The maximum Gasteiger partial charge on any atom is 0.241 e. The van der Waals surface area contributed by atoms with E-state index in [0.717, 1.165) is 19.3 Å². The largest absolute Gasteiger partial charge is 0.350 e. The van der Waals surface area contributed by atoms with Crippen molar-refractivity contribution in [1.29, 1.82) is 0 Å². The lowest BCUT2D eigenvalue weighted by molar-refractivity contribution is -0.126. The molecule has 2 aliphatic carbocycles. The molecule has 3 atom stereocenters. The fourth-order valence-electron chi connectivity index (χ4n) is 2.99. The molecule has 2 saturated carbocycles. The predicted octanol–water partition coefficient (Wildman–Crippen LogP) is 2.70. The second-order valence-electron chi connectivity index (χ2n) is 6.15. The summed E-state index contributed by atoms with van der Waals surface area (Å²) in [4.78, 5) is 11.5. The Balaban J connectivity index is 2.07. The van der Waals surface area contributed by atoms with Gasteiger partial charge in [-0.1, -0.05) is 6.42 Å². The smallest absolute Gasteiger partial charge is 0.241 e. The molecular formula is C12H20ClNO. The Morgan fingerprint density at radius 3 is 2.47 bits per heavy atom. The number of carbonyl (C=O) groups excluding carboxylic acids is 1. The summed E-state index contributed by atoms with van der Waals surface area (Å²) < 4.78 is 0. The number of hydrogen-bond acceptors (Lipinski definition) is 1. The third-order valence-electron chi connectivity index (χ3n) is 3.64. The van der Waals surface area contributed by atoms with Crippen molar-refractivity contribution in [1.82, 2.24) is 5.32 Å². The lowest BCUT2D eigenvalue weighted by Crippen LogP contribution is -2.52. The molecule has 86 valence electrons. The summed E-state index contributed by atoms with van der Waals surface area (Å²) in [5, 5.41) is 3.02. The van der Waals surface area contributed by atoms with Gasteiger partial charge in [0, 0.05) is 5.54 Å². The molecule has 0 aromatic carbocycles. The van der Waals surface area contributed by atoms with E-state index in [0.29, 0.717) is 11.8 Å². The van der Waals surface area contributed by atoms with E-state index in [2.05, 4.69) is 5.32 Å². The molecule has 0 heterocycles. The highest BCUT2D eigenvalue weighted by Gasteiger charge is 2.54. The van der Waals surface area contributed by atoms with Crippen molar-refractivity contribution >= 4 is 17.5 Å². The van der Waals surface area contributed by atoms with Crippen LogP contribution in [0.2, 0.25) is 0 Å². The van der Waals surface area contributed by atoms with Gasteiger partial charge in [0.2, 0.25) is 5.91 Å². The van der Waals surface area contributed by atoms with Crippen molar-refractivity contribution in [3.63, 3.8) is 0 Å². The van der Waals surface area contributed by atoms with E-state index in [4.69, 9.17) is 11.6 Å². The molecule has 1 amide bonds. The average Bonchev–Trinajstić information content (AvgIpc) is 2.60. The predicted molar refractivity (Wildman–Crippen MR) is 61.9 cm³/mol. The minimum atomic E-state index is -0.601. The summed E-state index contributed by atoms with van der Waals surface area (Å²) in [5.41, 5.74) is -0.180. The summed E-state index contributed by atoms with van der Waals surface area (Å²) in [6.07, 6.45) is 4.43. The first-order valence-electron chi connectivity index (χ1n) is 5.83. The molecule has 0 aromatic heterocycles. The monoisotopic (exact) mass is 229 g/mol. The Morgan fingerprint density at radius 2 is 2.07 bits per heavy atom. The van der Waals surface area contributed by atoms with E-state index in [9.17, 15) is 4.79 Å². The Morgan fingerprint density at radius 1 is 1.40 bits per heavy atom. The molecule has 0 unspecified atom stereocenters. The zero-order chi connectivity index (χ0) is 11.3. The minimum absolute atomic E-state index is 0.0452. The van der Waals surface area contributed by atoms with Crippen molar-refractivity contribution in [2.45, 2.75) is 56.9 Å². The first kappa shape index (κ1) is 11.3. The van der Waals surface area contributed by atoms with Gasteiger partial charge in [0.25, 0.3) is 0 Å². The molecule has 2 aliphatic rings. The van der Waals surface area contributed by atoms with E-state index in [1.807, 2.05) is 20.8 Å².